The molecule has 0 unspecified atom stereocenters. The normalized spacial score (nSPS) is 12.2. The van der Waals surface area contributed by atoms with Crippen molar-refractivity contribution in [2.24, 2.45) is 0 Å². The second-order valence-corrected chi connectivity index (χ2v) is 5.60. The van der Waals surface area contributed by atoms with Gasteiger partial charge in [0, 0.05) is 19.5 Å². The summed E-state index contributed by atoms with van der Waals surface area (Å²) in [7, 11) is -0.227. The van der Waals surface area contributed by atoms with E-state index in [-0.39, 0.29) is 0 Å². The zero-order valence-electron chi connectivity index (χ0n) is 9.71. The fraction of sp³-hybridized carbons (Fsp3) is 0.167. The van der Waals surface area contributed by atoms with Crippen LogP contribution in [0.25, 0.3) is 10.8 Å². The van der Waals surface area contributed by atoms with Crippen molar-refractivity contribution in [3.63, 3.8) is 0 Å². The van der Waals surface area contributed by atoms with Crippen LogP contribution in [0, 0.1) is 0 Å². The summed E-state index contributed by atoms with van der Waals surface area (Å²) in [6.07, 6.45) is 0. The van der Waals surface area contributed by atoms with E-state index in [2.05, 4.69) is 4.83 Å². The topological polar surface area (TPSA) is 49.4 Å². The van der Waals surface area contributed by atoms with Gasteiger partial charge in [-0.2, -0.15) is 0 Å². The maximum Gasteiger partial charge on any atom is 0.254 e. The Morgan fingerprint density at radius 3 is 2.35 bits per heavy atom. The minimum atomic E-state index is -3.51. The van der Waals surface area contributed by atoms with E-state index in [9.17, 15) is 8.42 Å². The van der Waals surface area contributed by atoms with Gasteiger partial charge in [0.15, 0.2) is 0 Å². The summed E-state index contributed by atoms with van der Waals surface area (Å²) in [5, 5.41) is 3.05. The summed E-state index contributed by atoms with van der Waals surface area (Å²) in [5.74, 6) is 0. The molecular weight excluding hydrogens is 236 g/mol. The molecule has 0 heterocycles. The van der Waals surface area contributed by atoms with Crippen LogP contribution in [-0.4, -0.2) is 27.5 Å². The minimum absolute atomic E-state index is 0.296. The smallest absolute Gasteiger partial charge is 0.237 e. The van der Waals surface area contributed by atoms with Crippen molar-refractivity contribution in [2.45, 2.75) is 4.90 Å². The van der Waals surface area contributed by atoms with Crippen LogP contribution in [0.5, 0.6) is 0 Å². The Kier molecular flexibility index (Phi) is 3.15. The molecule has 0 saturated carbocycles. The summed E-state index contributed by atoms with van der Waals surface area (Å²) >= 11 is 0. The average molecular weight is 250 g/mol. The second kappa shape index (κ2) is 4.44. The highest BCUT2D eigenvalue weighted by Crippen LogP contribution is 2.22. The Morgan fingerprint density at radius 2 is 1.65 bits per heavy atom. The van der Waals surface area contributed by atoms with Crippen molar-refractivity contribution in [2.75, 3.05) is 14.1 Å². The number of hydrogen-bond donors (Lipinski definition) is 1. The van der Waals surface area contributed by atoms with Crippen LogP contribution in [0.2, 0.25) is 0 Å². The van der Waals surface area contributed by atoms with Gasteiger partial charge >= 0.3 is 0 Å². The maximum atomic E-state index is 12.1. The largest absolute Gasteiger partial charge is 0.254 e. The fourth-order valence-corrected chi connectivity index (χ4v) is 3.03. The van der Waals surface area contributed by atoms with Crippen molar-refractivity contribution in [3.8, 4) is 0 Å². The van der Waals surface area contributed by atoms with Gasteiger partial charge in [0.25, 0.3) is 10.0 Å². The minimum Gasteiger partial charge on any atom is -0.237 e. The third kappa shape index (κ3) is 2.46. The van der Waals surface area contributed by atoms with Gasteiger partial charge < -0.3 is 0 Å². The van der Waals surface area contributed by atoms with Crippen LogP contribution in [0.1, 0.15) is 0 Å². The van der Waals surface area contributed by atoms with Crippen molar-refractivity contribution < 1.29 is 8.42 Å². The van der Waals surface area contributed by atoms with Crippen LogP contribution in [-0.2, 0) is 10.0 Å². The molecule has 0 aromatic heterocycles. The van der Waals surface area contributed by atoms with Crippen LogP contribution >= 0.6 is 0 Å². The molecule has 17 heavy (non-hydrogen) atoms. The molecule has 2 aromatic rings. The van der Waals surface area contributed by atoms with E-state index >= 15 is 0 Å². The number of nitrogens with zero attached hydrogens (tertiary/aromatic N) is 1. The number of rotatable bonds is 3. The molecule has 0 amide bonds. The molecule has 90 valence electrons. The summed E-state index contributed by atoms with van der Waals surface area (Å²) in [6.45, 7) is 0. The highest BCUT2D eigenvalue weighted by atomic mass is 32.2. The van der Waals surface area contributed by atoms with Gasteiger partial charge in [-0.05, 0) is 11.5 Å². The SMILES string of the molecule is CN(C)NS(=O)(=O)c1cccc2ccccc12. The van der Waals surface area contributed by atoms with Gasteiger partial charge in [0.2, 0.25) is 0 Å². The average Bonchev–Trinajstić information content (AvgIpc) is 2.26. The maximum absolute atomic E-state index is 12.1. The monoisotopic (exact) mass is 250 g/mol. The third-order valence-corrected chi connectivity index (χ3v) is 3.88. The molecule has 0 aliphatic carbocycles. The van der Waals surface area contributed by atoms with E-state index in [1.54, 1.807) is 32.3 Å². The van der Waals surface area contributed by atoms with Crippen LogP contribution in [0.15, 0.2) is 47.4 Å². The molecule has 1 N–H and O–H groups in total. The lowest BCUT2D eigenvalue weighted by Gasteiger charge is -2.13. The Morgan fingerprint density at radius 1 is 1.00 bits per heavy atom. The standard InChI is InChI=1S/C12H14N2O2S/c1-14(2)13-17(15,16)12-9-5-7-10-6-3-4-8-11(10)12/h3-9,13H,1-2H3. The second-order valence-electron chi connectivity index (χ2n) is 3.97. The van der Waals surface area contributed by atoms with E-state index in [4.69, 9.17) is 0 Å². The molecule has 0 fully saturated rings. The quantitative estimate of drug-likeness (QED) is 0.842. The number of fused-ring (bicyclic) bond motifs is 1. The summed E-state index contributed by atoms with van der Waals surface area (Å²) in [4.78, 5) is 2.73. The predicted molar refractivity (Wildman–Crippen MR) is 68.0 cm³/mol. The lowest BCUT2D eigenvalue weighted by Crippen LogP contribution is -2.36. The Labute approximate surface area is 101 Å². The van der Waals surface area contributed by atoms with E-state index in [1.807, 2.05) is 24.3 Å². The summed E-state index contributed by atoms with van der Waals surface area (Å²) in [5.41, 5.74) is 0. The van der Waals surface area contributed by atoms with Gasteiger partial charge in [-0.3, -0.25) is 0 Å². The molecule has 5 heteroatoms. The van der Waals surface area contributed by atoms with Crippen LogP contribution in [0.4, 0.5) is 0 Å². The lowest BCUT2D eigenvalue weighted by atomic mass is 10.1. The molecule has 0 aliphatic heterocycles. The lowest BCUT2D eigenvalue weighted by molar-refractivity contribution is 0.364. The molecule has 0 radical (unpaired) electrons. The van der Waals surface area contributed by atoms with E-state index in [0.717, 1.165) is 10.8 Å². The summed E-state index contributed by atoms with van der Waals surface area (Å²) in [6, 6.07) is 12.7. The first-order valence-electron chi connectivity index (χ1n) is 5.18. The van der Waals surface area contributed by atoms with Crippen molar-refractivity contribution in [1.82, 2.24) is 9.84 Å². The Hall–Kier alpha value is -1.43. The molecule has 0 spiro atoms. The first kappa shape index (κ1) is 12.0. The van der Waals surface area contributed by atoms with Crippen LogP contribution < -0.4 is 4.83 Å². The van der Waals surface area contributed by atoms with Gasteiger partial charge in [-0.25, -0.2) is 13.4 Å². The number of nitrogens with one attached hydrogen (secondary N) is 1. The van der Waals surface area contributed by atoms with Crippen molar-refractivity contribution in [1.29, 1.82) is 0 Å². The molecule has 2 rings (SSSR count). The zero-order chi connectivity index (χ0) is 12.5. The number of sulfonamides is 1. The molecule has 0 atom stereocenters. The zero-order valence-corrected chi connectivity index (χ0v) is 10.5. The molecular formula is C12H14N2O2S. The fourth-order valence-electron chi connectivity index (χ4n) is 1.72. The number of hydrazine groups is 1. The number of benzene rings is 2. The van der Waals surface area contributed by atoms with Gasteiger partial charge in [-0.1, -0.05) is 36.4 Å². The Balaban J connectivity index is 2.63. The molecule has 2 aromatic carbocycles. The highest BCUT2D eigenvalue weighted by molar-refractivity contribution is 7.89. The van der Waals surface area contributed by atoms with Gasteiger partial charge in [-0.15, -0.1) is 4.83 Å². The van der Waals surface area contributed by atoms with Gasteiger partial charge in [0.05, 0.1) is 4.90 Å². The molecule has 0 saturated heterocycles. The van der Waals surface area contributed by atoms with Crippen molar-refractivity contribution in [3.05, 3.63) is 42.5 Å². The predicted octanol–water partition coefficient (Wildman–Crippen LogP) is 1.59. The Bertz CT molecular complexity index is 631. The number of hydrogen-bond acceptors (Lipinski definition) is 3. The van der Waals surface area contributed by atoms with Crippen LogP contribution in [0.3, 0.4) is 0 Å². The molecule has 4 nitrogen and oxygen atoms in total. The van der Waals surface area contributed by atoms with E-state index < -0.39 is 10.0 Å². The summed E-state index contributed by atoms with van der Waals surface area (Å²) < 4.78 is 24.2. The molecule has 0 aliphatic rings. The third-order valence-electron chi connectivity index (χ3n) is 2.34. The van der Waals surface area contributed by atoms with E-state index in [0.29, 0.717) is 4.90 Å². The van der Waals surface area contributed by atoms with Gasteiger partial charge in [0.1, 0.15) is 0 Å². The van der Waals surface area contributed by atoms with E-state index in [1.165, 1.54) is 5.01 Å². The first-order valence-corrected chi connectivity index (χ1v) is 6.66. The first-order chi connectivity index (χ1) is 8.00. The van der Waals surface area contributed by atoms with Crippen molar-refractivity contribution >= 4 is 20.8 Å². The highest BCUT2D eigenvalue weighted by Gasteiger charge is 2.17. The molecule has 0 bridgehead atoms.